The Labute approximate surface area is 262 Å². The van der Waals surface area contributed by atoms with E-state index >= 15 is 0 Å². The van der Waals surface area contributed by atoms with Gasteiger partial charge in [0.25, 0.3) is 0 Å². The van der Waals surface area contributed by atoms with E-state index in [2.05, 4.69) is 123 Å². The van der Waals surface area contributed by atoms with Crippen molar-refractivity contribution in [3.8, 4) is 22.3 Å². The van der Waals surface area contributed by atoms with Crippen LogP contribution in [0.15, 0.2) is 103 Å². The molecule has 0 aromatic heterocycles. The largest absolute Gasteiger partial charge is 1.00 e. The minimum atomic E-state index is -0.618. The second kappa shape index (κ2) is 11.9. The molecule has 5 aromatic carbocycles. The van der Waals surface area contributed by atoms with Crippen molar-refractivity contribution in [2.24, 2.45) is 0 Å². The molecule has 0 saturated heterocycles. The molecule has 0 amide bonds. The van der Waals surface area contributed by atoms with Gasteiger partial charge in [0.05, 0.1) is 0 Å². The van der Waals surface area contributed by atoms with E-state index in [1.807, 2.05) is 0 Å². The first kappa shape index (κ1) is 29.3. The molecule has 2 aliphatic carbocycles. The van der Waals surface area contributed by atoms with E-state index in [9.17, 15) is 0 Å². The third kappa shape index (κ3) is 4.92. The van der Waals surface area contributed by atoms with Gasteiger partial charge >= 0.3 is 240 Å². The van der Waals surface area contributed by atoms with Crippen LogP contribution in [0.3, 0.4) is 0 Å². The summed E-state index contributed by atoms with van der Waals surface area (Å²) < 4.78 is 1.76. The normalized spacial score (nSPS) is 14.5. The number of benzene rings is 5. The van der Waals surface area contributed by atoms with Crippen LogP contribution in [0, 0.1) is 0 Å². The maximum Gasteiger partial charge on any atom is -1.00 e. The van der Waals surface area contributed by atoms with Crippen molar-refractivity contribution >= 4 is 26.0 Å². The van der Waals surface area contributed by atoms with E-state index in [0.717, 1.165) is 12.8 Å². The molecule has 1 atom stereocenters. The quantitative estimate of drug-likeness (QED) is 0.251. The van der Waals surface area contributed by atoms with Gasteiger partial charge < -0.3 is 24.8 Å². The fourth-order valence-electron chi connectivity index (χ4n) is 6.72. The van der Waals surface area contributed by atoms with Crippen LogP contribution < -0.4 is 28.1 Å². The number of allylic oxidation sites excluding steroid dienone is 1. The maximum atomic E-state index is 2.56. The van der Waals surface area contributed by atoms with Crippen molar-refractivity contribution in [1.82, 2.24) is 0 Å². The first-order valence-corrected chi connectivity index (χ1v) is 22.3. The summed E-state index contributed by atoms with van der Waals surface area (Å²) in [5.41, 5.74) is 15.0. The summed E-state index contributed by atoms with van der Waals surface area (Å²) in [6.45, 7) is 7.49. The summed E-state index contributed by atoms with van der Waals surface area (Å²) in [6, 6.07) is 36.8. The molecule has 0 radical (unpaired) electrons. The van der Waals surface area contributed by atoms with E-state index in [1.54, 1.807) is 20.0 Å². The van der Waals surface area contributed by atoms with Crippen LogP contribution in [0.1, 0.15) is 47.1 Å². The van der Waals surface area contributed by atoms with E-state index in [0.29, 0.717) is 5.92 Å². The van der Waals surface area contributed by atoms with Crippen LogP contribution in [0.25, 0.3) is 39.1 Å². The van der Waals surface area contributed by atoms with Crippen molar-refractivity contribution < 1.29 is 47.2 Å². The Hall–Kier alpha value is -2.22. The summed E-state index contributed by atoms with van der Waals surface area (Å²) in [7, 11) is 0. The van der Waals surface area contributed by atoms with Gasteiger partial charge in [0.1, 0.15) is 0 Å². The Balaban J connectivity index is 0.00000161. The Bertz CT molecular complexity index is 1750. The Morgan fingerprint density at radius 2 is 1.50 bits per heavy atom. The predicted octanol–water partition coefficient (Wildman–Crippen LogP) is 2.72. The van der Waals surface area contributed by atoms with Crippen molar-refractivity contribution in [2.75, 3.05) is 0 Å². The standard InChI is InChI=1S/C34H25.C2H7Si.2ClH.Zr/c1-2-22-20-32-28(26-18-17-23-9-3-4-10-24(23)19-26)13-7-15-30(32)34(22)31-16-8-14-29-27-12-6-5-11-25(27)21-33(29)31;1-3-2;;;/h3-15,17-20,34H,2,21H2,1H3;3H,1-2H3;2*1H;/q;;;;+2/p-2. The average Bonchev–Trinajstić information content (AvgIpc) is 3.50. The summed E-state index contributed by atoms with van der Waals surface area (Å²) in [5.74, 6) is -0.226. The summed E-state index contributed by atoms with van der Waals surface area (Å²) in [5, 5.41) is 2.62. The molecule has 2 aliphatic rings. The fraction of sp³-hybridized carbons (Fsp3) is 0.167. The molecule has 0 nitrogen and oxygen atoms in total. The first-order valence-electron chi connectivity index (χ1n) is 14.0. The fourth-order valence-corrected chi connectivity index (χ4v) is 15.0. The molecule has 4 heteroatoms. The third-order valence-corrected chi connectivity index (χ3v) is 16.9. The van der Waals surface area contributed by atoms with Gasteiger partial charge in [-0.1, -0.05) is 0 Å². The number of rotatable bonds is 5. The number of hydrogen-bond acceptors (Lipinski definition) is 0. The molecular weight excluding hydrogens is 623 g/mol. The number of halogens is 2. The molecule has 0 fully saturated rings. The molecule has 0 spiro atoms. The minimum Gasteiger partial charge on any atom is -1.00 e. The number of fused-ring (bicyclic) bond motifs is 5. The average molecular weight is 655 g/mol. The van der Waals surface area contributed by atoms with Crippen LogP contribution in [0.4, 0.5) is 0 Å². The van der Waals surface area contributed by atoms with E-state index in [1.165, 1.54) is 49.7 Å². The summed E-state index contributed by atoms with van der Waals surface area (Å²) in [4.78, 5) is 0. The predicted molar refractivity (Wildman–Crippen MR) is 163 cm³/mol. The van der Waals surface area contributed by atoms with Gasteiger partial charge in [-0.05, 0) is 0 Å². The summed E-state index contributed by atoms with van der Waals surface area (Å²) >= 11 is -0.583. The molecule has 0 heterocycles. The van der Waals surface area contributed by atoms with E-state index in [4.69, 9.17) is 0 Å². The molecule has 0 aliphatic heterocycles. The molecule has 0 N–H and O–H groups in total. The third-order valence-electron chi connectivity index (χ3n) is 8.38. The zero-order chi connectivity index (χ0) is 25.8. The van der Waals surface area contributed by atoms with Crippen molar-refractivity contribution in [2.45, 2.75) is 38.8 Å². The van der Waals surface area contributed by atoms with Gasteiger partial charge in [-0.2, -0.15) is 0 Å². The van der Waals surface area contributed by atoms with Crippen LogP contribution in [-0.2, 0) is 28.8 Å². The zero-order valence-corrected chi connectivity index (χ0v) is 28.3. The SMILES string of the molecule is CCC1=Cc2c(-c3ccc4ccccc4c3)cccc2C1c1[c]([Zr+2][SiH](C)C)ccc2c1Cc1ccccc1-2.[Cl-].[Cl-]. The van der Waals surface area contributed by atoms with Gasteiger partial charge in [0.15, 0.2) is 0 Å². The topological polar surface area (TPSA) is 0 Å². The Kier molecular flexibility index (Phi) is 8.74. The van der Waals surface area contributed by atoms with Crippen molar-refractivity contribution in [3.05, 3.63) is 130 Å². The monoisotopic (exact) mass is 652 g/mol. The second-order valence-corrected chi connectivity index (χ2v) is 25.6. The first-order chi connectivity index (χ1) is 18.6. The van der Waals surface area contributed by atoms with Gasteiger partial charge in [0, 0.05) is 0 Å². The number of hydrogen-bond donors (Lipinski definition) is 0. The second-order valence-electron chi connectivity index (χ2n) is 11.1. The Morgan fingerprint density at radius 1 is 0.750 bits per heavy atom. The molecule has 0 bridgehead atoms. The molecule has 198 valence electrons. The van der Waals surface area contributed by atoms with Gasteiger partial charge in [-0.25, -0.2) is 0 Å². The van der Waals surface area contributed by atoms with Crippen molar-refractivity contribution in [3.63, 3.8) is 0 Å². The zero-order valence-electron chi connectivity index (χ0n) is 23.1. The van der Waals surface area contributed by atoms with E-state index < -0.39 is 28.3 Å². The smallest absolute Gasteiger partial charge is 1.00 e. The van der Waals surface area contributed by atoms with Crippen molar-refractivity contribution in [1.29, 1.82) is 0 Å². The Morgan fingerprint density at radius 3 is 2.30 bits per heavy atom. The molecule has 40 heavy (non-hydrogen) atoms. The molecular formula is C36H32Cl2SiZr. The van der Waals surface area contributed by atoms with Crippen LogP contribution >= 0.6 is 0 Å². The van der Waals surface area contributed by atoms with Gasteiger partial charge in [0.2, 0.25) is 0 Å². The van der Waals surface area contributed by atoms with E-state index in [-0.39, 0.29) is 24.8 Å². The summed E-state index contributed by atoms with van der Waals surface area (Å²) in [6.07, 6.45) is 4.73. The van der Waals surface area contributed by atoms with Crippen LogP contribution in [-0.4, -0.2) is 5.92 Å². The van der Waals surface area contributed by atoms with Crippen LogP contribution in [0.5, 0.6) is 0 Å². The molecule has 1 unspecified atom stereocenters. The van der Waals surface area contributed by atoms with Gasteiger partial charge in [-0.15, -0.1) is 0 Å². The van der Waals surface area contributed by atoms with Crippen LogP contribution in [0.2, 0.25) is 13.1 Å². The maximum absolute atomic E-state index is 2.56. The minimum absolute atomic E-state index is 0. The van der Waals surface area contributed by atoms with Gasteiger partial charge in [-0.3, -0.25) is 0 Å². The molecule has 0 saturated carbocycles. The molecule has 7 rings (SSSR count). The molecule has 5 aromatic rings.